The fourth-order valence-electron chi connectivity index (χ4n) is 1.55. The highest BCUT2D eigenvalue weighted by atomic mass is 28.4. The summed E-state index contributed by atoms with van der Waals surface area (Å²) in [6.07, 6.45) is 11.9. The second-order valence-corrected chi connectivity index (χ2v) is 9.61. The molecule has 2 atom stereocenters. The summed E-state index contributed by atoms with van der Waals surface area (Å²) in [5.74, 6) is 0. The van der Waals surface area contributed by atoms with Gasteiger partial charge in [-0.05, 0) is 38.6 Å². The lowest BCUT2D eigenvalue weighted by molar-refractivity contribution is -0.0832. The first-order chi connectivity index (χ1) is 7.51. The third-order valence-electron chi connectivity index (χ3n) is 2.25. The Morgan fingerprint density at radius 1 is 1.44 bits per heavy atom. The number of allylic oxidation sites excluding steroid dienone is 1. The molecule has 2 unspecified atom stereocenters. The molecule has 0 fully saturated rings. The first-order valence-corrected chi connectivity index (χ1v) is 9.58. The molecule has 16 heavy (non-hydrogen) atoms. The summed E-state index contributed by atoms with van der Waals surface area (Å²) >= 11 is 0. The smallest absolute Gasteiger partial charge is 0.187 e. The van der Waals surface area contributed by atoms with Gasteiger partial charge in [0.25, 0.3) is 0 Å². The summed E-state index contributed by atoms with van der Waals surface area (Å²) < 4.78 is 11.8. The van der Waals surface area contributed by atoms with E-state index >= 15 is 0 Å². The number of ether oxygens (including phenoxy) is 1. The largest absolute Gasteiger partial charge is 0.390 e. The molecule has 0 N–H and O–H groups in total. The quantitative estimate of drug-likeness (QED) is 0.536. The highest BCUT2D eigenvalue weighted by Gasteiger charge is 2.23. The van der Waals surface area contributed by atoms with E-state index in [1.165, 1.54) is 6.42 Å². The molecule has 0 saturated carbocycles. The van der Waals surface area contributed by atoms with Crippen molar-refractivity contribution in [2.45, 2.75) is 58.2 Å². The lowest BCUT2D eigenvalue weighted by Crippen LogP contribution is -2.35. The molecule has 0 aromatic rings. The van der Waals surface area contributed by atoms with Crippen molar-refractivity contribution in [2.24, 2.45) is 0 Å². The Labute approximate surface area is 100 Å². The van der Waals surface area contributed by atoms with Gasteiger partial charge in [0.05, 0.1) is 6.10 Å². The van der Waals surface area contributed by atoms with Gasteiger partial charge < -0.3 is 9.16 Å². The van der Waals surface area contributed by atoms with Gasteiger partial charge in [-0.1, -0.05) is 31.6 Å². The molecule has 0 radical (unpaired) electrons. The van der Waals surface area contributed by atoms with Gasteiger partial charge in [0, 0.05) is 0 Å². The summed E-state index contributed by atoms with van der Waals surface area (Å²) in [6, 6.07) is 0. The van der Waals surface area contributed by atoms with Crippen molar-refractivity contribution in [1.29, 1.82) is 0 Å². The summed E-state index contributed by atoms with van der Waals surface area (Å²) in [5, 5.41) is 0. The van der Waals surface area contributed by atoms with Crippen LogP contribution in [-0.4, -0.2) is 20.7 Å². The van der Waals surface area contributed by atoms with Crippen LogP contribution in [0.2, 0.25) is 19.6 Å². The van der Waals surface area contributed by atoms with E-state index in [1.54, 1.807) is 0 Å². The Hall–Kier alpha value is -0.383. The minimum absolute atomic E-state index is 0.142. The Balaban J connectivity index is 2.41. The van der Waals surface area contributed by atoms with Crippen LogP contribution >= 0.6 is 0 Å². The van der Waals surface area contributed by atoms with Crippen LogP contribution in [0.4, 0.5) is 0 Å². The maximum absolute atomic E-state index is 5.91. The maximum atomic E-state index is 5.91. The van der Waals surface area contributed by atoms with E-state index in [0.717, 1.165) is 12.8 Å². The predicted molar refractivity (Wildman–Crippen MR) is 70.9 cm³/mol. The number of hydrogen-bond acceptors (Lipinski definition) is 2. The van der Waals surface area contributed by atoms with Crippen LogP contribution in [-0.2, 0) is 9.16 Å². The average molecular weight is 240 g/mol. The van der Waals surface area contributed by atoms with Crippen LogP contribution in [0.15, 0.2) is 24.3 Å². The van der Waals surface area contributed by atoms with Crippen LogP contribution in [0.3, 0.4) is 0 Å². The van der Waals surface area contributed by atoms with Crippen LogP contribution in [0, 0.1) is 0 Å². The molecule has 0 saturated heterocycles. The van der Waals surface area contributed by atoms with Crippen molar-refractivity contribution in [3.8, 4) is 0 Å². The van der Waals surface area contributed by atoms with E-state index in [1.807, 2.05) is 6.08 Å². The molecule has 0 aromatic carbocycles. The molecule has 1 rings (SSSR count). The van der Waals surface area contributed by atoms with Crippen molar-refractivity contribution in [1.82, 2.24) is 0 Å². The average Bonchev–Trinajstić information content (AvgIpc) is 2.16. The summed E-state index contributed by atoms with van der Waals surface area (Å²) in [7, 11) is -1.51. The van der Waals surface area contributed by atoms with Crippen molar-refractivity contribution in [2.75, 3.05) is 0 Å². The molecular weight excluding hydrogens is 216 g/mol. The van der Waals surface area contributed by atoms with Crippen molar-refractivity contribution >= 4 is 8.32 Å². The third kappa shape index (κ3) is 5.63. The zero-order chi connectivity index (χ0) is 12.0. The van der Waals surface area contributed by atoms with Crippen LogP contribution in [0.1, 0.15) is 26.2 Å². The van der Waals surface area contributed by atoms with Gasteiger partial charge in [0.2, 0.25) is 0 Å². The highest BCUT2D eigenvalue weighted by Crippen LogP contribution is 2.18. The molecule has 3 heteroatoms. The number of rotatable bonds is 5. The molecule has 2 nitrogen and oxygen atoms in total. The monoisotopic (exact) mass is 240 g/mol. The van der Waals surface area contributed by atoms with Crippen molar-refractivity contribution < 1.29 is 9.16 Å². The van der Waals surface area contributed by atoms with Gasteiger partial charge in [-0.3, -0.25) is 0 Å². The van der Waals surface area contributed by atoms with Crippen molar-refractivity contribution in [3.05, 3.63) is 24.3 Å². The molecule has 0 bridgehead atoms. The zero-order valence-corrected chi connectivity index (χ0v) is 11.9. The molecule has 92 valence electrons. The van der Waals surface area contributed by atoms with E-state index in [4.69, 9.17) is 9.16 Å². The number of hydrogen-bond donors (Lipinski definition) is 0. The molecule has 0 amide bonds. The molecule has 1 aliphatic heterocycles. The minimum Gasteiger partial charge on any atom is -0.390 e. The van der Waals surface area contributed by atoms with Gasteiger partial charge in [-0.2, -0.15) is 0 Å². The normalized spacial score (nSPS) is 26.5. The molecule has 0 aromatic heterocycles. The van der Waals surface area contributed by atoms with E-state index in [-0.39, 0.29) is 12.4 Å². The molecule has 0 spiro atoms. The van der Waals surface area contributed by atoms with E-state index in [9.17, 15) is 0 Å². The molecular formula is C13H24O2Si. The third-order valence-corrected chi connectivity index (χ3v) is 3.19. The lowest BCUT2D eigenvalue weighted by atomic mass is 10.1. The molecule has 1 heterocycles. The molecule has 1 aliphatic rings. The topological polar surface area (TPSA) is 18.5 Å². The summed E-state index contributed by atoms with van der Waals surface area (Å²) in [4.78, 5) is 0. The number of unbranched alkanes of at least 4 members (excludes halogenated alkanes) is 1. The second kappa shape index (κ2) is 6.38. The van der Waals surface area contributed by atoms with Gasteiger partial charge >= 0.3 is 0 Å². The van der Waals surface area contributed by atoms with Crippen molar-refractivity contribution in [3.63, 3.8) is 0 Å². The van der Waals surface area contributed by atoms with Crippen LogP contribution < -0.4 is 0 Å². The summed E-state index contributed by atoms with van der Waals surface area (Å²) in [5.41, 5.74) is 0. The lowest BCUT2D eigenvalue weighted by Gasteiger charge is -2.29. The first kappa shape index (κ1) is 13.7. The fraction of sp³-hybridized carbons (Fsp3) is 0.692. The Morgan fingerprint density at radius 3 is 2.81 bits per heavy atom. The first-order valence-electron chi connectivity index (χ1n) is 6.18. The van der Waals surface area contributed by atoms with E-state index in [2.05, 4.69) is 44.8 Å². The maximum Gasteiger partial charge on any atom is 0.187 e. The van der Waals surface area contributed by atoms with Gasteiger partial charge in [0.1, 0.15) is 0 Å². The zero-order valence-electron chi connectivity index (χ0n) is 10.9. The fourth-order valence-corrected chi connectivity index (χ4v) is 2.38. The van der Waals surface area contributed by atoms with E-state index in [0.29, 0.717) is 0 Å². The SMILES string of the molecule is CCC/C=C\C1CC=CC(O[Si](C)(C)C)O1. The van der Waals surface area contributed by atoms with Gasteiger partial charge in [-0.25, -0.2) is 0 Å². The molecule has 0 aliphatic carbocycles. The summed E-state index contributed by atoms with van der Waals surface area (Å²) in [6.45, 7) is 8.73. The van der Waals surface area contributed by atoms with Crippen LogP contribution in [0.25, 0.3) is 0 Å². The minimum atomic E-state index is -1.51. The standard InChI is InChI=1S/C13H24O2Si/c1-5-6-7-9-12-10-8-11-13(14-12)15-16(2,3)4/h7-9,11-13H,5-6,10H2,1-4H3/b9-7-. The van der Waals surface area contributed by atoms with Crippen LogP contribution in [0.5, 0.6) is 0 Å². The Kier molecular flexibility index (Phi) is 5.45. The van der Waals surface area contributed by atoms with Gasteiger partial charge in [0.15, 0.2) is 14.6 Å². The van der Waals surface area contributed by atoms with E-state index < -0.39 is 8.32 Å². The highest BCUT2D eigenvalue weighted by molar-refractivity contribution is 6.69. The second-order valence-electron chi connectivity index (χ2n) is 5.15. The Morgan fingerprint density at radius 2 is 2.19 bits per heavy atom. The Bertz CT molecular complexity index is 253. The van der Waals surface area contributed by atoms with Gasteiger partial charge in [-0.15, -0.1) is 0 Å². The predicted octanol–water partition coefficient (Wildman–Crippen LogP) is 3.87.